The molecule has 0 unspecified atom stereocenters. The molecule has 0 bridgehead atoms. The van der Waals surface area contributed by atoms with Gasteiger partial charge in [-0.05, 0) is 59.6 Å². The number of carbonyl (C=O) groups is 2. The third-order valence-electron chi connectivity index (χ3n) is 7.17. The zero-order valence-corrected chi connectivity index (χ0v) is 21.2. The zero-order valence-electron chi connectivity index (χ0n) is 20.4. The molecule has 1 saturated heterocycles. The van der Waals surface area contributed by atoms with E-state index in [9.17, 15) is 9.59 Å². The number of carbonyl (C=O) groups excluding carboxylic acids is 2. The van der Waals surface area contributed by atoms with Gasteiger partial charge >= 0.3 is 0 Å². The van der Waals surface area contributed by atoms with Gasteiger partial charge in [-0.3, -0.25) is 9.59 Å². The number of likely N-dealkylation sites (tertiary alicyclic amines) is 1. The number of piperidine rings is 1. The Morgan fingerprint density at radius 2 is 1.57 bits per heavy atom. The zero-order chi connectivity index (χ0) is 24.8. The third-order valence-corrected chi connectivity index (χ3v) is 7.42. The predicted molar refractivity (Wildman–Crippen MR) is 143 cm³/mol. The highest BCUT2D eigenvalue weighted by molar-refractivity contribution is 6.30. The van der Waals surface area contributed by atoms with Crippen LogP contribution in [0.4, 0.5) is 0 Å². The number of nitrogens with zero attached hydrogens (tertiary/aromatic N) is 1. The van der Waals surface area contributed by atoms with Crippen molar-refractivity contribution in [2.24, 2.45) is 5.92 Å². The molecule has 182 valence electrons. The van der Waals surface area contributed by atoms with Gasteiger partial charge in [0.15, 0.2) is 0 Å². The van der Waals surface area contributed by atoms with E-state index in [1.165, 1.54) is 5.56 Å². The highest BCUT2D eigenvalue weighted by Crippen LogP contribution is 2.30. The lowest BCUT2D eigenvalue weighted by Crippen LogP contribution is -2.53. The maximum absolute atomic E-state index is 13.6. The van der Waals surface area contributed by atoms with Gasteiger partial charge in [0.1, 0.15) is 6.04 Å². The minimum atomic E-state index is -0.552. The predicted octanol–water partition coefficient (Wildman–Crippen LogP) is 6.56. The Labute approximate surface area is 213 Å². The normalized spacial score (nSPS) is 15.9. The molecule has 0 radical (unpaired) electrons. The van der Waals surface area contributed by atoms with E-state index in [0.717, 1.165) is 35.4 Å². The minimum absolute atomic E-state index is 0.0134. The fourth-order valence-electron chi connectivity index (χ4n) is 4.82. The standard InChI is InChI=1S/C30H33ClN2O2/c1-3-21(2)28(30(35)33-19-17-23(18-20-33)22-13-15-25(31)16-14-22)32-29(34)27-12-8-7-11-26(27)24-9-5-4-6-10-24/h4-16,21,23,28H,3,17-20H2,1-2H3,(H,32,34)/t21-,28+/m0/s1. The van der Waals surface area contributed by atoms with Crippen LogP contribution >= 0.6 is 11.6 Å². The summed E-state index contributed by atoms with van der Waals surface area (Å²) in [6.45, 7) is 5.47. The molecular weight excluding hydrogens is 456 g/mol. The van der Waals surface area contributed by atoms with Crippen molar-refractivity contribution < 1.29 is 9.59 Å². The van der Waals surface area contributed by atoms with Crippen molar-refractivity contribution in [1.29, 1.82) is 0 Å². The first-order chi connectivity index (χ1) is 17.0. The van der Waals surface area contributed by atoms with Gasteiger partial charge < -0.3 is 10.2 Å². The Morgan fingerprint density at radius 1 is 0.943 bits per heavy atom. The number of hydrogen-bond acceptors (Lipinski definition) is 2. The molecule has 1 aliphatic rings. The molecule has 0 aliphatic carbocycles. The van der Waals surface area contributed by atoms with Crippen molar-refractivity contribution in [3.63, 3.8) is 0 Å². The van der Waals surface area contributed by atoms with E-state index in [0.29, 0.717) is 24.6 Å². The third kappa shape index (κ3) is 5.94. The monoisotopic (exact) mass is 488 g/mol. The van der Waals surface area contributed by atoms with Crippen LogP contribution in [0.15, 0.2) is 78.9 Å². The first kappa shape index (κ1) is 25.0. The van der Waals surface area contributed by atoms with Gasteiger partial charge in [-0.2, -0.15) is 0 Å². The molecule has 1 heterocycles. The Balaban J connectivity index is 1.47. The van der Waals surface area contributed by atoms with Crippen LogP contribution in [0.25, 0.3) is 11.1 Å². The molecule has 0 spiro atoms. The summed E-state index contributed by atoms with van der Waals surface area (Å²) in [5.74, 6) is 0.258. The number of amides is 2. The molecule has 1 N–H and O–H groups in total. The number of hydrogen-bond donors (Lipinski definition) is 1. The van der Waals surface area contributed by atoms with Gasteiger partial charge in [-0.1, -0.05) is 92.5 Å². The number of rotatable bonds is 7. The maximum atomic E-state index is 13.6. The lowest BCUT2D eigenvalue weighted by atomic mass is 9.88. The molecule has 4 nitrogen and oxygen atoms in total. The molecule has 4 rings (SSSR count). The fraction of sp³-hybridized carbons (Fsp3) is 0.333. The van der Waals surface area contributed by atoms with Crippen LogP contribution in [0, 0.1) is 5.92 Å². The van der Waals surface area contributed by atoms with Gasteiger partial charge in [0.2, 0.25) is 5.91 Å². The van der Waals surface area contributed by atoms with Gasteiger partial charge in [0.25, 0.3) is 5.91 Å². The van der Waals surface area contributed by atoms with Crippen molar-refractivity contribution >= 4 is 23.4 Å². The van der Waals surface area contributed by atoms with Crippen molar-refractivity contribution in [3.05, 3.63) is 95.0 Å². The Morgan fingerprint density at radius 3 is 2.23 bits per heavy atom. The number of nitrogens with one attached hydrogen (secondary N) is 1. The van der Waals surface area contributed by atoms with E-state index >= 15 is 0 Å². The second kappa shape index (κ2) is 11.5. The number of halogens is 1. The lowest BCUT2D eigenvalue weighted by molar-refractivity contribution is -0.135. The summed E-state index contributed by atoms with van der Waals surface area (Å²) in [5, 5.41) is 3.83. The summed E-state index contributed by atoms with van der Waals surface area (Å²) in [4.78, 5) is 29.0. The largest absolute Gasteiger partial charge is 0.341 e. The summed E-state index contributed by atoms with van der Waals surface area (Å²) in [7, 11) is 0. The van der Waals surface area contributed by atoms with Gasteiger partial charge in [0.05, 0.1) is 0 Å². The van der Waals surface area contributed by atoms with Crippen molar-refractivity contribution in [2.75, 3.05) is 13.1 Å². The van der Waals surface area contributed by atoms with Crippen molar-refractivity contribution in [2.45, 2.75) is 45.1 Å². The van der Waals surface area contributed by atoms with Crippen LogP contribution in [0.3, 0.4) is 0 Å². The summed E-state index contributed by atoms with van der Waals surface area (Å²) in [6.07, 6.45) is 2.62. The molecule has 0 aromatic heterocycles. The van der Waals surface area contributed by atoms with Crippen LogP contribution < -0.4 is 5.32 Å². The average Bonchev–Trinajstić information content (AvgIpc) is 2.92. The second-order valence-electron chi connectivity index (χ2n) is 9.40. The molecule has 1 fully saturated rings. The molecule has 5 heteroatoms. The van der Waals surface area contributed by atoms with E-state index in [1.807, 2.05) is 78.6 Å². The molecule has 2 atom stereocenters. The van der Waals surface area contributed by atoms with Gasteiger partial charge in [0, 0.05) is 23.7 Å². The van der Waals surface area contributed by atoms with E-state index < -0.39 is 6.04 Å². The maximum Gasteiger partial charge on any atom is 0.252 e. The van der Waals surface area contributed by atoms with Gasteiger partial charge in [-0.25, -0.2) is 0 Å². The summed E-state index contributed by atoms with van der Waals surface area (Å²) in [6, 6.07) is 24.9. The number of benzene rings is 3. The van der Waals surface area contributed by atoms with E-state index in [-0.39, 0.29) is 17.7 Å². The van der Waals surface area contributed by atoms with Crippen LogP contribution in [-0.2, 0) is 4.79 Å². The quantitative estimate of drug-likeness (QED) is 0.409. The molecule has 1 aliphatic heterocycles. The van der Waals surface area contributed by atoms with E-state index in [2.05, 4.69) is 24.4 Å². The highest BCUT2D eigenvalue weighted by Gasteiger charge is 2.33. The lowest BCUT2D eigenvalue weighted by Gasteiger charge is -2.36. The summed E-state index contributed by atoms with van der Waals surface area (Å²) in [5.41, 5.74) is 3.70. The topological polar surface area (TPSA) is 49.4 Å². The van der Waals surface area contributed by atoms with Crippen LogP contribution in [0.5, 0.6) is 0 Å². The van der Waals surface area contributed by atoms with E-state index in [1.54, 1.807) is 0 Å². The molecule has 35 heavy (non-hydrogen) atoms. The summed E-state index contributed by atoms with van der Waals surface area (Å²) >= 11 is 6.04. The first-order valence-corrected chi connectivity index (χ1v) is 12.8. The van der Waals surface area contributed by atoms with Gasteiger partial charge in [-0.15, -0.1) is 0 Å². The molecule has 2 amide bonds. The SMILES string of the molecule is CC[C@H](C)[C@@H](NC(=O)c1ccccc1-c1ccccc1)C(=O)N1CCC(c2ccc(Cl)cc2)CC1. The van der Waals surface area contributed by atoms with Crippen LogP contribution in [-0.4, -0.2) is 35.8 Å². The van der Waals surface area contributed by atoms with E-state index in [4.69, 9.17) is 11.6 Å². The Hall–Kier alpha value is -3.11. The van der Waals surface area contributed by atoms with Crippen molar-refractivity contribution in [3.8, 4) is 11.1 Å². The minimum Gasteiger partial charge on any atom is -0.341 e. The van der Waals surface area contributed by atoms with Crippen LogP contribution in [0.1, 0.15) is 54.9 Å². The Kier molecular flexibility index (Phi) is 8.25. The summed E-state index contributed by atoms with van der Waals surface area (Å²) < 4.78 is 0. The smallest absolute Gasteiger partial charge is 0.252 e. The molecule has 3 aromatic carbocycles. The van der Waals surface area contributed by atoms with Crippen molar-refractivity contribution in [1.82, 2.24) is 10.2 Å². The first-order valence-electron chi connectivity index (χ1n) is 12.5. The molecule has 0 saturated carbocycles. The van der Waals surface area contributed by atoms with Crippen LogP contribution in [0.2, 0.25) is 5.02 Å². The second-order valence-corrected chi connectivity index (χ2v) is 9.84. The highest BCUT2D eigenvalue weighted by atomic mass is 35.5. The Bertz CT molecular complexity index is 1140. The molecule has 3 aromatic rings. The average molecular weight is 489 g/mol. The fourth-order valence-corrected chi connectivity index (χ4v) is 4.94. The molecular formula is C30H33ClN2O2.